The number of aryl methyl sites for hydroxylation is 1. The lowest BCUT2D eigenvalue weighted by Gasteiger charge is -2.15. The highest BCUT2D eigenvalue weighted by Crippen LogP contribution is 2.38. The van der Waals surface area contributed by atoms with E-state index >= 15 is 0 Å². The van der Waals surface area contributed by atoms with Gasteiger partial charge < -0.3 is 26.0 Å². The van der Waals surface area contributed by atoms with Crippen molar-refractivity contribution in [3.63, 3.8) is 0 Å². The molecular weight excluding hydrogens is 429 g/mol. The molecule has 0 atom stereocenters. The zero-order valence-corrected chi connectivity index (χ0v) is 17.8. The molecule has 168 valence electrons. The van der Waals surface area contributed by atoms with Gasteiger partial charge in [0, 0.05) is 31.9 Å². The van der Waals surface area contributed by atoms with Gasteiger partial charge in [0.25, 0.3) is 5.91 Å². The van der Waals surface area contributed by atoms with Gasteiger partial charge in [0.15, 0.2) is 17.4 Å². The van der Waals surface area contributed by atoms with Gasteiger partial charge in [-0.25, -0.2) is 14.4 Å². The van der Waals surface area contributed by atoms with E-state index in [0.29, 0.717) is 47.1 Å². The molecule has 0 fully saturated rings. The van der Waals surface area contributed by atoms with Gasteiger partial charge in [0.05, 0.1) is 34.0 Å². The number of amides is 1. The van der Waals surface area contributed by atoms with Crippen LogP contribution in [0.5, 0.6) is 5.75 Å². The van der Waals surface area contributed by atoms with Crippen molar-refractivity contribution in [1.82, 2.24) is 35.3 Å². The molecule has 0 spiro atoms. The second-order valence-electron chi connectivity index (χ2n) is 7.53. The highest BCUT2D eigenvalue weighted by Gasteiger charge is 2.28. The van der Waals surface area contributed by atoms with Crippen molar-refractivity contribution in [2.24, 2.45) is 7.05 Å². The number of H-pyrrole nitrogens is 1. The third kappa shape index (κ3) is 3.60. The molecule has 1 aliphatic rings. The van der Waals surface area contributed by atoms with Crippen LogP contribution in [0.4, 0.5) is 27.5 Å². The Morgan fingerprint density at radius 1 is 1.24 bits per heavy atom. The fourth-order valence-corrected chi connectivity index (χ4v) is 3.63. The van der Waals surface area contributed by atoms with E-state index in [1.807, 2.05) is 6.92 Å². The lowest BCUT2D eigenvalue weighted by Crippen LogP contribution is -2.31. The summed E-state index contributed by atoms with van der Waals surface area (Å²) >= 11 is 0. The number of fused-ring (bicyclic) bond motifs is 1. The van der Waals surface area contributed by atoms with Gasteiger partial charge in [-0.15, -0.1) is 5.10 Å². The molecule has 0 unspecified atom stereocenters. The van der Waals surface area contributed by atoms with Crippen molar-refractivity contribution in [3.05, 3.63) is 53.2 Å². The number of phenols is 1. The molecule has 12 heteroatoms. The molecule has 5 rings (SSSR count). The summed E-state index contributed by atoms with van der Waals surface area (Å²) in [7, 11) is 1.78. The van der Waals surface area contributed by atoms with E-state index in [0.717, 1.165) is 11.8 Å². The Morgan fingerprint density at radius 2 is 2.09 bits per heavy atom. The smallest absolute Gasteiger partial charge is 0.255 e. The van der Waals surface area contributed by atoms with Crippen LogP contribution in [-0.2, 0) is 13.5 Å². The number of aromatic nitrogens is 6. The summed E-state index contributed by atoms with van der Waals surface area (Å²) < 4.78 is 15.5. The van der Waals surface area contributed by atoms with Crippen LogP contribution in [0.25, 0.3) is 11.4 Å². The Balaban J connectivity index is 1.59. The monoisotopic (exact) mass is 449 g/mol. The first-order valence-corrected chi connectivity index (χ1v) is 10.2. The van der Waals surface area contributed by atoms with Crippen LogP contribution in [0.2, 0.25) is 0 Å². The van der Waals surface area contributed by atoms with Gasteiger partial charge >= 0.3 is 0 Å². The number of aromatic hydroxyl groups is 1. The molecule has 4 aromatic rings. The molecule has 0 radical (unpaired) electrons. The summed E-state index contributed by atoms with van der Waals surface area (Å²) in [5.41, 5.74) is 3.39. The molecule has 3 aromatic heterocycles. The number of rotatable bonds is 5. The van der Waals surface area contributed by atoms with Crippen LogP contribution >= 0.6 is 0 Å². The van der Waals surface area contributed by atoms with Crippen LogP contribution in [0.3, 0.4) is 0 Å². The van der Waals surface area contributed by atoms with Crippen LogP contribution in [0, 0.1) is 12.7 Å². The molecule has 1 aliphatic heterocycles. The van der Waals surface area contributed by atoms with Crippen LogP contribution < -0.4 is 16.0 Å². The highest BCUT2D eigenvalue weighted by atomic mass is 19.1. The molecule has 4 heterocycles. The maximum Gasteiger partial charge on any atom is 0.255 e. The number of carbonyl (C=O) groups is 1. The van der Waals surface area contributed by atoms with Crippen molar-refractivity contribution >= 4 is 29.0 Å². The van der Waals surface area contributed by atoms with Crippen LogP contribution in [0.1, 0.15) is 21.7 Å². The Kier molecular flexibility index (Phi) is 4.89. The van der Waals surface area contributed by atoms with E-state index in [1.54, 1.807) is 24.0 Å². The van der Waals surface area contributed by atoms with Gasteiger partial charge in [-0.05, 0) is 25.1 Å². The molecule has 0 bridgehead atoms. The number of halogens is 1. The molecule has 11 nitrogen and oxygen atoms in total. The first kappa shape index (κ1) is 20.4. The molecule has 1 amide bonds. The van der Waals surface area contributed by atoms with E-state index in [9.17, 15) is 14.3 Å². The van der Waals surface area contributed by atoms with Crippen molar-refractivity contribution in [1.29, 1.82) is 0 Å². The number of carbonyl (C=O) groups excluding carboxylic acids is 1. The van der Waals surface area contributed by atoms with Gasteiger partial charge in [-0.1, -0.05) is 11.3 Å². The fraction of sp³-hybridized carbons (Fsp3) is 0.190. The van der Waals surface area contributed by atoms with Crippen molar-refractivity contribution in [2.75, 3.05) is 17.2 Å². The Hall–Kier alpha value is -4.48. The third-order valence-corrected chi connectivity index (χ3v) is 5.46. The molecule has 0 saturated heterocycles. The number of anilines is 4. The molecule has 1 aromatic carbocycles. The molecule has 0 aliphatic carbocycles. The summed E-state index contributed by atoms with van der Waals surface area (Å²) in [4.78, 5) is 24.7. The van der Waals surface area contributed by atoms with E-state index in [-0.39, 0.29) is 17.5 Å². The predicted octanol–water partition coefficient (Wildman–Crippen LogP) is 2.53. The van der Waals surface area contributed by atoms with E-state index in [1.165, 1.54) is 12.1 Å². The number of para-hydroxylation sites is 1. The number of aromatic amines is 1. The maximum absolute atomic E-state index is 13.9. The SMILES string of the molecule is Cc1c(Nc2nccc(-c3[nH]c4c(c3Nc3cccc(F)c3O)C(=O)NCC4)n2)nnn1C. The minimum Gasteiger partial charge on any atom is -0.503 e. The number of benzene rings is 1. The lowest BCUT2D eigenvalue weighted by molar-refractivity contribution is 0.0947. The Bertz CT molecular complexity index is 1380. The second-order valence-corrected chi connectivity index (χ2v) is 7.53. The van der Waals surface area contributed by atoms with E-state index in [4.69, 9.17) is 0 Å². The maximum atomic E-state index is 13.9. The Morgan fingerprint density at radius 3 is 2.88 bits per heavy atom. The lowest BCUT2D eigenvalue weighted by atomic mass is 10.1. The molecular formula is C21H20FN9O2. The zero-order valence-electron chi connectivity index (χ0n) is 17.8. The average molecular weight is 449 g/mol. The number of hydrogen-bond acceptors (Lipinski definition) is 8. The number of nitrogens with zero attached hydrogens (tertiary/aromatic N) is 5. The summed E-state index contributed by atoms with van der Waals surface area (Å²) in [6.45, 7) is 2.34. The zero-order chi connectivity index (χ0) is 23.1. The first-order valence-electron chi connectivity index (χ1n) is 10.2. The van der Waals surface area contributed by atoms with Gasteiger partial charge in [-0.2, -0.15) is 0 Å². The summed E-state index contributed by atoms with van der Waals surface area (Å²) in [6, 6.07) is 5.82. The largest absolute Gasteiger partial charge is 0.503 e. The quantitative estimate of drug-likeness (QED) is 0.292. The third-order valence-electron chi connectivity index (χ3n) is 5.46. The normalized spacial score (nSPS) is 12.9. The van der Waals surface area contributed by atoms with Gasteiger partial charge in [0.2, 0.25) is 5.95 Å². The fourth-order valence-electron chi connectivity index (χ4n) is 3.63. The Labute approximate surface area is 187 Å². The number of nitrogens with one attached hydrogen (secondary N) is 4. The average Bonchev–Trinajstić information content (AvgIpc) is 3.33. The minimum atomic E-state index is -0.775. The topological polar surface area (TPSA) is 146 Å². The van der Waals surface area contributed by atoms with Crippen LogP contribution in [0.15, 0.2) is 30.5 Å². The van der Waals surface area contributed by atoms with Gasteiger partial charge in [-0.3, -0.25) is 9.48 Å². The minimum absolute atomic E-state index is 0.124. The first-order chi connectivity index (χ1) is 15.9. The van der Waals surface area contributed by atoms with Crippen molar-refractivity contribution < 1.29 is 14.3 Å². The summed E-state index contributed by atoms with van der Waals surface area (Å²) in [5.74, 6) is -0.795. The number of hydrogen-bond donors (Lipinski definition) is 5. The van der Waals surface area contributed by atoms with Crippen molar-refractivity contribution in [3.8, 4) is 17.1 Å². The van der Waals surface area contributed by atoms with E-state index < -0.39 is 11.6 Å². The standard InChI is InChI=1S/C21H20FN9O2/c1-10-19(29-30-31(10)2)28-21-24-9-7-13(27-21)16-17(15-12(25-16)6-8-23-20(15)33)26-14-5-3-4-11(22)18(14)32/h3-5,7,9,25-26,32H,6,8H2,1-2H3,(H,23,33)(H,24,27,28). The van der Waals surface area contributed by atoms with Crippen molar-refractivity contribution in [2.45, 2.75) is 13.3 Å². The predicted molar refractivity (Wildman–Crippen MR) is 118 cm³/mol. The second kappa shape index (κ2) is 7.89. The van der Waals surface area contributed by atoms with Gasteiger partial charge in [0.1, 0.15) is 0 Å². The summed E-state index contributed by atoms with van der Waals surface area (Å²) in [6.07, 6.45) is 2.15. The van der Waals surface area contributed by atoms with Crippen LogP contribution in [-0.4, -0.2) is 47.5 Å². The number of phenolic OH excluding ortho intramolecular Hbond substituents is 1. The highest BCUT2D eigenvalue weighted by molar-refractivity contribution is 6.06. The summed E-state index contributed by atoms with van der Waals surface area (Å²) in [5, 5.41) is 27.0. The van der Waals surface area contributed by atoms with E-state index in [2.05, 4.69) is 41.2 Å². The molecule has 0 saturated carbocycles. The molecule has 5 N–H and O–H groups in total. The molecule has 33 heavy (non-hydrogen) atoms.